The van der Waals surface area contributed by atoms with Crippen LogP contribution in [0.15, 0.2) is 57.2 Å². The summed E-state index contributed by atoms with van der Waals surface area (Å²) < 4.78 is 30.1. The number of primary sulfonamides is 1. The zero-order valence-electron chi connectivity index (χ0n) is 20.6. The summed E-state index contributed by atoms with van der Waals surface area (Å²) in [5.74, 6) is 0.345. The van der Waals surface area contributed by atoms with Crippen molar-refractivity contribution in [3.05, 3.63) is 74.1 Å². The lowest BCUT2D eigenvalue weighted by Gasteiger charge is -2.11. The topological polar surface area (TPSA) is 140 Å². The molecule has 11 nitrogen and oxygen atoms in total. The summed E-state index contributed by atoms with van der Waals surface area (Å²) in [6.07, 6.45) is 5.07. The van der Waals surface area contributed by atoms with E-state index in [-0.39, 0.29) is 22.5 Å². The molecule has 0 radical (unpaired) electrons. The second kappa shape index (κ2) is 8.65. The number of benzene rings is 1. The van der Waals surface area contributed by atoms with Gasteiger partial charge in [0.25, 0.3) is 5.56 Å². The van der Waals surface area contributed by atoms with Gasteiger partial charge in [-0.05, 0) is 54.7 Å². The van der Waals surface area contributed by atoms with Gasteiger partial charge in [-0.3, -0.25) is 23.6 Å². The van der Waals surface area contributed by atoms with Gasteiger partial charge in [0.1, 0.15) is 16.0 Å². The van der Waals surface area contributed by atoms with Crippen molar-refractivity contribution in [2.45, 2.75) is 30.8 Å². The molecule has 4 aromatic heterocycles. The molecule has 6 rings (SSSR count). The Morgan fingerprint density at radius 2 is 1.89 bits per heavy atom. The quantitative estimate of drug-likeness (QED) is 0.342. The van der Waals surface area contributed by atoms with Crippen molar-refractivity contribution < 1.29 is 8.42 Å². The van der Waals surface area contributed by atoms with Crippen LogP contribution in [0.5, 0.6) is 0 Å². The number of pyridine rings is 1. The first-order valence-corrected chi connectivity index (χ1v) is 13.9. The first kappa shape index (κ1) is 24.6. The van der Waals surface area contributed by atoms with Crippen molar-refractivity contribution >= 4 is 43.6 Å². The van der Waals surface area contributed by atoms with Gasteiger partial charge in [0.05, 0.1) is 17.8 Å². The molecule has 0 amide bonds. The normalized spacial score (nSPS) is 14.1. The first-order chi connectivity index (χ1) is 18.0. The maximum Gasteiger partial charge on any atom is 0.332 e. The molecule has 1 aromatic carbocycles. The second-order valence-electron chi connectivity index (χ2n) is 9.75. The highest BCUT2D eigenvalue weighted by Crippen LogP contribution is 2.33. The molecular weight excluding hydrogens is 530 g/mol. The Kier molecular flexibility index (Phi) is 5.60. The number of nitrogens with two attached hydrogens (primary N) is 1. The van der Waals surface area contributed by atoms with Crippen molar-refractivity contribution in [2.75, 3.05) is 0 Å². The Morgan fingerprint density at radius 1 is 1.13 bits per heavy atom. The van der Waals surface area contributed by atoms with Crippen LogP contribution < -0.4 is 16.4 Å². The molecule has 38 heavy (non-hydrogen) atoms. The Morgan fingerprint density at radius 3 is 2.58 bits per heavy atom. The van der Waals surface area contributed by atoms with Gasteiger partial charge in [-0.15, -0.1) is 0 Å². The number of rotatable bonds is 6. The molecular formula is C25H24ClN7O4S. The number of hydrogen-bond acceptors (Lipinski definition) is 6. The van der Waals surface area contributed by atoms with E-state index in [4.69, 9.17) is 21.8 Å². The largest absolute Gasteiger partial charge is 0.348 e. The molecule has 5 aromatic rings. The fraction of sp³-hybridized carbons (Fsp3) is 0.280. The molecule has 1 aliphatic carbocycles. The average molecular weight is 554 g/mol. The van der Waals surface area contributed by atoms with Crippen LogP contribution in [0.1, 0.15) is 18.4 Å². The summed E-state index contributed by atoms with van der Waals surface area (Å²) in [7, 11) is -0.903. The molecule has 0 atom stereocenters. The van der Waals surface area contributed by atoms with Crippen LogP contribution in [0.3, 0.4) is 0 Å². The molecule has 1 aliphatic rings. The van der Waals surface area contributed by atoms with Crippen molar-refractivity contribution in [1.29, 1.82) is 0 Å². The molecule has 0 bridgehead atoms. The number of aryl methyl sites for hydroxylation is 1. The predicted octanol–water partition coefficient (Wildman–Crippen LogP) is 2.21. The molecule has 0 unspecified atom stereocenters. The summed E-state index contributed by atoms with van der Waals surface area (Å²) in [5, 5.41) is 11.8. The van der Waals surface area contributed by atoms with E-state index in [2.05, 4.69) is 4.98 Å². The van der Waals surface area contributed by atoms with Gasteiger partial charge in [0, 0.05) is 43.4 Å². The molecule has 196 valence electrons. The number of fused-ring (bicyclic) bond motifs is 2. The summed E-state index contributed by atoms with van der Waals surface area (Å²) in [5.41, 5.74) is 1.68. The lowest BCUT2D eigenvalue weighted by molar-refractivity contribution is 0.572. The number of hydrogen-bond donors (Lipinski definition) is 1. The van der Waals surface area contributed by atoms with Gasteiger partial charge >= 0.3 is 5.69 Å². The van der Waals surface area contributed by atoms with Crippen molar-refractivity contribution in [2.24, 2.45) is 25.2 Å². The monoisotopic (exact) mass is 553 g/mol. The van der Waals surface area contributed by atoms with Gasteiger partial charge in [-0.1, -0.05) is 11.6 Å². The van der Waals surface area contributed by atoms with Crippen LogP contribution in [-0.4, -0.2) is 36.9 Å². The Balaban J connectivity index is 1.68. The third-order valence-electron chi connectivity index (χ3n) is 7.03. The highest BCUT2D eigenvalue weighted by atomic mass is 35.5. The molecule has 2 N–H and O–H groups in total. The Labute approximate surface area is 221 Å². The summed E-state index contributed by atoms with van der Waals surface area (Å²) >= 11 is 6.28. The fourth-order valence-electron chi connectivity index (χ4n) is 4.86. The lowest BCUT2D eigenvalue weighted by Crippen LogP contribution is -2.38. The predicted molar refractivity (Wildman–Crippen MR) is 144 cm³/mol. The van der Waals surface area contributed by atoms with Crippen molar-refractivity contribution in [3.63, 3.8) is 0 Å². The summed E-state index contributed by atoms with van der Waals surface area (Å²) in [6, 6.07) is 8.64. The molecule has 0 saturated heterocycles. The molecule has 0 aliphatic heterocycles. The van der Waals surface area contributed by atoms with Crippen LogP contribution in [-0.2, 0) is 37.2 Å². The van der Waals surface area contributed by atoms with Crippen LogP contribution in [0.2, 0.25) is 5.02 Å². The van der Waals surface area contributed by atoms with Gasteiger partial charge in [-0.25, -0.2) is 18.4 Å². The number of halogens is 1. The zero-order valence-corrected chi connectivity index (χ0v) is 22.2. The van der Waals surface area contributed by atoms with E-state index in [0.717, 1.165) is 33.9 Å². The maximum atomic E-state index is 13.6. The minimum absolute atomic E-state index is 0.0971. The van der Waals surface area contributed by atoms with Gasteiger partial charge < -0.3 is 4.57 Å². The minimum atomic E-state index is -4.01. The number of nitrogens with zero attached hydrogens (tertiary/aromatic N) is 6. The SMILES string of the molecule is Cn1cc(S(N)(=O)=O)cc1-c1c2c(=O)n(C)c(=O)n(CC3CC3)c2nn1Cc1ccnc2ccc(Cl)cc12. The van der Waals surface area contributed by atoms with Crippen molar-refractivity contribution in [1.82, 2.24) is 28.5 Å². The molecule has 13 heteroatoms. The minimum Gasteiger partial charge on any atom is -0.348 e. The van der Waals surface area contributed by atoms with Crippen LogP contribution in [0, 0.1) is 5.92 Å². The maximum absolute atomic E-state index is 13.6. The standard InChI is InChI=1S/C25H24ClN7O4S/c1-30-13-17(38(27,36)37)10-20(30)22-21-23(32(11-14-3-4-14)25(35)31(2)24(21)34)29-33(22)12-15-7-8-28-19-6-5-16(26)9-18(15)19/h5-10,13-14H,3-4,11-12H2,1-2H3,(H2,27,36,37). The summed E-state index contributed by atoms with van der Waals surface area (Å²) in [4.78, 5) is 31.0. The average Bonchev–Trinajstić information content (AvgIpc) is 3.49. The van der Waals surface area contributed by atoms with Gasteiger partial charge in [0.15, 0.2) is 5.65 Å². The molecule has 0 spiro atoms. The van der Waals surface area contributed by atoms with E-state index in [0.29, 0.717) is 28.9 Å². The van der Waals surface area contributed by atoms with Crippen LogP contribution >= 0.6 is 11.6 Å². The van der Waals surface area contributed by atoms with Crippen molar-refractivity contribution in [3.8, 4) is 11.4 Å². The third kappa shape index (κ3) is 4.05. The van der Waals surface area contributed by atoms with E-state index in [1.807, 2.05) is 18.2 Å². The fourth-order valence-corrected chi connectivity index (χ4v) is 5.61. The van der Waals surface area contributed by atoms with Gasteiger partial charge in [-0.2, -0.15) is 5.10 Å². The second-order valence-corrected chi connectivity index (χ2v) is 11.8. The smallest absolute Gasteiger partial charge is 0.332 e. The molecule has 1 fully saturated rings. The van der Waals surface area contributed by atoms with E-state index in [9.17, 15) is 18.0 Å². The summed E-state index contributed by atoms with van der Waals surface area (Å²) in [6.45, 7) is 0.656. The van der Waals surface area contributed by atoms with Crippen LogP contribution in [0.25, 0.3) is 33.3 Å². The molecule has 1 saturated carbocycles. The van der Waals surface area contributed by atoms with Crippen LogP contribution in [0.4, 0.5) is 0 Å². The van der Waals surface area contributed by atoms with Gasteiger partial charge in [0.2, 0.25) is 10.0 Å². The zero-order chi connectivity index (χ0) is 26.9. The molecule has 4 heterocycles. The van der Waals surface area contributed by atoms with E-state index in [1.54, 1.807) is 33.1 Å². The Hall–Kier alpha value is -3.74. The lowest BCUT2D eigenvalue weighted by atomic mass is 10.1. The number of aromatic nitrogens is 6. The van der Waals surface area contributed by atoms with E-state index < -0.39 is 21.3 Å². The van der Waals surface area contributed by atoms with E-state index >= 15 is 0 Å². The highest BCUT2D eigenvalue weighted by molar-refractivity contribution is 7.89. The first-order valence-electron chi connectivity index (χ1n) is 12.0. The highest BCUT2D eigenvalue weighted by Gasteiger charge is 2.29. The third-order valence-corrected chi connectivity index (χ3v) is 8.14. The Bertz CT molecular complexity index is 2000. The number of sulfonamides is 1. The van der Waals surface area contributed by atoms with E-state index in [1.165, 1.54) is 19.3 Å².